The van der Waals surface area contributed by atoms with Crippen molar-refractivity contribution in [3.63, 3.8) is 0 Å². The predicted octanol–water partition coefficient (Wildman–Crippen LogP) is 25.2. The maximum atomic E-state index is 12.9. The average molecular weight is 1700 g/mol. The molecule has 0 radical (unpaired) electrons. The van der Waals surface area contributed by atoms with Crippen LogP contribution in [-0.4, -0.2) is 93.6 Å². The molecule has 62 heteroatoms. The molecule has 0 bridgehead atoms. The van der Waals surface area contributed by atoms with Crippen molar-refractivity contribution in [3.05, 3.63) is 132 Å². The van der Waals surface area contributed by atoms with Gasteiger partial charge in [0.2, 0.25) is 23.4 Å². The number of carbonyl (C=O) groups excluding carboxylic acids is 3. The Morgan fingerprint density at radius 1 is 0.519 bits per heavy atom. The molecule has 3 amide bonds. The van der Waals surface area contributed by atoms with Gasteiger partial charge in [-0.3, -0.25) is 23.1 Å². The van der Waals surface area contributed by atoms with Crippen molar-refractivity contribution in [2.45, 2.75) is 59.5 Å². The molecule has 8 aromatic rings. The molecule has 6 aromatic heterocycles. The molecule has 0 saturated carbocycles. The summed E-state index contributed by atoms with van der Waals surface area (Å²) in [6.45, 7) is 12.0. The first-order chi connectivity index (χ1) is 51.8. The van der Waals surface area contributed by atoms with Crippen LogP contribution >= 0.6 is 11.8 Å². The van der Waals surface area contributed by atoms with Gasteiger partial charge in [0.05, 0.1) is 36.0 Å². The maximum absolute atomic E-state index is 12.9. The molecule has 2 aliphatic heterocycles. The van der Waals surface area contributed by atoms with E-state index < -0.39 is 5.60 Å². The summed E-state index contributed by atoms with van der Waals surface area (Å²) in [5, 5.41) is 22.4. The van der Waals surface area contributed by atoms with E-state index in [1.165, 1.54) is 0 Å². The third kappa shape index (κ3) is 49.7. The number of imidazole rings is 2. The summed E-state index contributed by atoms with van der Waals surface area (Å²) in [6.07, 6.45) is 6.39. The van der Waals surface area contributed by atoms with Gasteiger partial charge in [-0.2, -0.15) is 15.5 Å². The molecule has 2 aliphatic rings. The summed E-state index contributed by atoms with van der Waals surface area (Å²) in [4.78, 5) is 57.1. The number of fused-ring (bicyclic) bond motifs is 2. The number of pyridine rings is 2. The third-order valence-electron chi connectivity index (χ3n) is 10.8. The highest BCUT2D eigenvalue weighted by molar-refractivity contribution is 6.13. The highest BCUT2D eigenvalue weighted by Gasteiger charge is 2.38. The molecule has 22 nitrogen and oxygen atoms in total. The van der Waals surface area contributed by atoms with Crippen LogP contribution in [0.3, 0.4) is 0 Å². The molecule has 0 atom stereocenters. The van der Waals surface area contributed by atoms with E-state index in [1.54, 1.807) is 32.3 Å². The van der Waals surface area contributed by atoms with Gasteiger partial charge in [-0.05, 0) is 92.6 Å². The minimum atomic E-state index is -0.538. The zero-order chi connectivity index (χ0) is 86.0. The lowest BCUT2D eigenvalue weighted by Gasteiger charge is -2.37. The number of likely N-dealkylation sites (tertiary alicyclic amines) is 1. The number of carbonyl (C=O) groups is 3. The molecule has 0 aliphatic carbocycles. The Labute approximate surface area is 579 Å². The van der Waals surface area contributed by atoms with Gasteiger partial charge >= 0.3 is 6.09 Å². The van der Waals surface area contributed by atoms with Crippen LogP contribution in [0.4, 0.5) is 195 Å². The lowest BCUT2D eigenvalue weighted by molar-refractivity contribution is 0.00554. The summed E-state index contributed by atoms with van der Waals surface area (Å²) < 4.78 is 326. The second kappa shape index (κ2) is 94.0. The second-order valence-corrected chi connectivity index (χ2v) is 16.9. The van der Waals surface area contributed by atoms with Crippen molar-refractivity contribution in [3.8, 4) is 22.8 Å². The number of halogens is 40. The molecule has 630 valence electrons. The van der Waals surface area contributed by atoms with Gasteiger partial charge in [0, 0.05) is 235 Å². The normalized spacial score (nSPS) is 9.72. The smallest absolute Gasteiger partial charge is 0.410 e. The Hall–Kier alpha value is -11.0. The lowest BCUT2D eigenvalue weighted by atomic mass is 10.0. The van der Waals surface area contributed by atoms with Crippen molar-refractivity contribution in [2.75, 3.05) is 36.8 Å². The molecule has 10 rings (SSSR count). The minimum absolute atomic E-state index is 0. The number of rotatable bonds is 9. The number of aryl methyl sites for hydroxylation is 2. The fourth-order valence-corrected chi connectivity index (χ4v) is 7.03. The first-order valence-electron chi connectivity index (χ1n) is 23.9. The molecule has 2 fully saturated rings. The maximum Gasteiger partial charge on any atom is 0.410 e. The van der Waals surface area contributed by atoms with Crippen LogP contribution in [-0.2, 0) is 4.74 Å². The van der Waals surface area contributed by atoms with Crippen molar-refractivity contribution in [2.24, 2.45) is 15.1 Å². The number of anilines is 2. The number of benzene rings is 2. The molecule has 4 N–H and O–H groups in total. The van der Waals surface area contributed by atoms with Gasteiger partial charge in [0.25, 0.3) is 11.8 Å². The zero-order valence-electron chi connectivity index (χ0n) is 52.2. The standard InChI is InChI=1S/C25H26N6O4.C20H18N6O2.CH4.ClHN4.19F2.FH/c1-15-8-9-16(11-18(15)27-22(32)19-12-26-20-7-5-6-10-31(19)20)21-28-23(35-29-21)17-13-30(14-17)24(33)34-25(2,3)4;1-12-5-6-13(18-24-20(28-25-18)14-9-21-10-14)8-15(12)23-19(27)16-11-22-17-4-2-3-7-26(16)17;;1-3-5-4-2;19*1-2;/h5-12,17H,13-14H2,1-4H3,(H,27,32);2-8,11,14,21H,9-10H2,1H3,(H,23,27);1H4;2H;;;;;;;;;;;;;;;;;;;;1H. The quantitative estimate of drug-likeness (QED) is 0.0595. The van der Waals surface area contributed by atoms with E-state index in [0.717, 1.165) is 35.4 Å². The van der Waals surface area contributed by atoms with E-state index in [9.17, 15) is 14.4 Å². The van der Waals surface area contributed by atoms with Gasteiger partial charge in [-0.15, -0.1) is 0 Å². The third-order valence-corrected chi connectivity index (χ3v) is 10.8. The molecule has 108 heavy (non-hydrogen) atoms. The summed E-state index contributed by atoms with van der Waals surface area (Å²) in [6, 6.07) is 22.5. The van der Waals surface area contributed by atoms with Crippen LogP contribution < -0.4 is 16.0 Å². The van der Waals surface area contributed by atoms with Crippen molar-refractivity contribution in [1.82, 2.24) is 49.3 Å². The fourth-order valence-electron chi connectivity index (χ4n) is 6.99. The van der Waals surface area contributed by atoms with Crippen LogP contribution in [0.15, 0.2) is 122 Å². The molecular formula is C46H50ClF39N16O6. The predicted molar refractivity (Wildman–Crippen MR) is 299 cm³/mol. The highest BCUT2D eigenvalue weighted by Crippen LogP contribution is 2.31. The van der Waals surface area contributed by atoms with Crippen molar-refractivity contribution < 1.29 is 207 Å². The van der Waals surface area contributed by atoms with Crippen molar-refractivity contribution >= 4 is 52.4 Å². The van der Waals surface area contributed by atoms with Gasteiger partial charge in [-0.1, -0.05) is 58.8 Å². The van der Waals surface area contributed by atoms with Crippen LogP contribution in [0.1, 0.15) is 83.9 Å². The van der Waals surface area contributed by atoms with E-state index in [4.69, 9.17) is 193 Å². The molecule has 2 aromatic carbocycles. The Bertz CT molecular complexity index is 3240. The molecule has 2 saturated heterocycles. The minimum Gasteiger partial charge on any atom is -0.444 e. The summed E-state index contributed by atoms with van der Waals surface area (Å²) in [5.74, 6) is 1.79. The molecule has 8 heterocycles. The lowest BCUT2D eigenvalue weighted by Crippen LogP contribution is -2.50. The van der Waals surface area contributed by atoms with Crippen LogP contribution in [0.2, 0.25) is 0 Å². The second-order valence-electron chi connectivity index (χ2n) is 16.7. The molecular weight excluding hydrogens is 1650 g/mol. The topological polar surface area (TPSA) is 273 Å². The Morgan fingerprint density at radius 2 is 0.833 bits per heavy atom. The van der Waals surface area contributed by atoms with E-state index in [-0.39, 0.29) is 41.9 Å². The highest BCUT2D eigenvalue weighted by atomic mass is 35.5. The first-order valence-corrected chi connectivity index (χ1v) is 24.3. The van der Waals surface area contributed by atoms with Gasteiger partial charge in [0.15, 0.2) is 0 Å². The average Bonchev–Trinajstić information content (AvgIpc) is 1.60. The van der Waals surface area contributed by atoms with E-state index >= 15 is 0 Å². The largest absolute Gasteiger partial charge is 0.444 e. The number of hydrogen-bond donors (Lipinski definition) is 4. The first kappa shape index (κ1) is 130. The molecule has 0 spiro atoms. The van der Waals surface area contributed by atoms with Crippen LogP contribution in [0.25, 0.3) is 34.1 Å². The Balaban J connectivity index is -0.0000000903. The van der Waals surface area contributed by atoms with Crippen LogP contribution in [0, 0.1) is 19.4 Å². The Kier molecular flexibility index (Phi) is 113. The number of ether oxygens (including phenoxy) is 1. The Morgan fingerprint density at radius 3 is 1.10 bits per heavy atom. The fraction of sp³-hybridized carbons (Fsp3) is 0.283. The van der Waals surface area contributed by atoms with E-state index in [2.05, 4.69) is 73.1 Å². The zero-order valence-corrected chi connectivity index (χ0v) is 52.9. The number of hydrogen-bond acceptors (Lipinski definition) is 15. The number of nitrogens with one attached hydrogen (secondary N) is 4. The monoisotopic (exact) mass is 1700 g/mol. The number of nitrogens with zero attached hydrogens (tertiary/aromatic N) is 12. The SMILES string of the molecule is C.Cc1ccc(-c2noc(C3CN(C(=O)OC(C)(C)C)C3)n2)cc1NC(=O)c1cnc2ccccn12.Cc1ccc(-c2noc(C3CNC3)n2)cc1NC(=O)c1cnc2ccccn12.F.FF.FF.FF.FF.FF.FF.FF.FF.FF.FF.FF.FF.FF.FF.FF.FF.FF.FF.FF.N=NN=NCl. The summed E-state index contributed by atoms with van der Waals surface area (Å²) in [7, 11) is 0. The molecule has 0 unspecified atom stereocenters. The summed E-state index contributed by atoms with van der Waals surface area (Å²) in [5.41, 5.74) is 12.4. The van der Waals surface area contributed by atoms with Gasteiger partial charge in [0.1, 0.15) is 28.3 Å². The van der Waals surface area contributed by atoms with Crippen molar-refractivity contribution in [1.29, 1.82) is 5.53 Å². The number of aromatic nitrogens is 8. The van der Waals surface area contributed by atoms with Gasteiger partial charge < -0.3 is 34.6 Å². The van der Waals surface area contributed by atoms with Crippen LogP contribution in [0.5, 0.6) is 0 Å². The van der Waals surface area contributed by atoms with E-state index in [0.29, 0.717) is 70.5 Å². The van der Waals surface area contributed by atoms with Gasteiger partial charge in [-0.25, -0.2) is 14.8 Å². The number of amides is 3. The van der Waals surface area contributed by atoms with E-state index in [1.807, 2.05) is 114 Å². The summed E-state index contributed by atoms with van der Waals surface area (Å²) >= 11 is 4.55.